The molecule has 1 N–H and O–H groups in total. The predicted molar refractivity (Wildman–Crippen MR) is 43.7 cm³/mol. The zero-order valence-electron chi connectivity index (χ0n) is 7.22. The van der Waals surface area contributed by atoms with E-state index in [9.17, 15) is 4.79 Å². The van der Waals surface area contributed by atoms with Gasteiger partial charge in [0.25, 0.3) is 0 Å². The van der Waals surface area contributed by atoms with Gasteiger partial charge >= 0.3 is 5.97 Å². The number of carboxylic acids is 1. The highest BCUT2D eigenvalue weighted by Crippen LogP contribution is 2.23. The summed E-state index contributed by atoms with van der Waals surface area (Å²) in [5.74, 6) is -0.383. The Labute approximate surface area is 78.2 Å². The van der Waals surface area contributed by atoms with Crippen molar-refractivity contribution in [2.24, 2.45) is 0 Å². The Morgan fingerprint density at radius 2 is 2.29 bits per heavy atom. The summed E-state index contributed by atoms with van der Waals surface area (Å²) in [5.41, 5.74) is -0.179. The third kappa shape index (κ3) is 1.26. The average molecular weight is 194 g/mol. The van der Waals surface area contributed by atoms with E-state index >= 15 is 0 Å². The van der Waals surface area contributed by atoms with E-state index in [2.05, 4.69) is 9.97 Å². The van der Waals surface area contributed by atoms with Crippen LogP contribution in [0.4, 0.5) is 0 Å². The Bertz CT molecular complexity index is 471. The number of hydrogen-bond acceptors (Lipinski definition) is 5. The topological polar surface area (TPSA) is 89.4 Å². The number of aromatic nitrogens is 2. The van der Waals surface area contributed by atoms with Gasteiger partial charge in [-0.1, -0.05) is 0 Å². The van der Waals surface area contributed by atoms with E-state index in [1.807, 2.05) is 0 Å². The fourth-order valence-corrected chi connectivity index (χ4v) is 1.04. The van der Waals surface area contributed by atoms with Crippen LogP contribution in [0.25, 0.3) is 11.5 Å². The number of aryl methyl sites for hydroxylation is 1. The summed E-state index contributed by atoms with van der Waals surface area (Å²) in [6.07, 6.45) is 2.44. The second-order valence-corrected chi connectivity index (χ2v) is 2.58. The summed E-state index contributed by atoms with van der Waals surface area (Å²) >= 11 is 0. The highest BCUT2D eigenvalue weighted by Gasteiger charge is 2.19. The molecule has 0 spiro atoms. The van der Waals surface area contributed by atoms with Gasteiger partial charge in [-0.2, -0.15) is 0 Å². The van der Waals surface area contributed by atoms with E-state index in [4.69, 9.17) is 13.9 Å². The Hall–Kier alpha value is -2.11. The molecule has 0 atom stereocenters. The number of carboxylic acid groups (broad SMARTS) is 1. The number of aromatic carboxylic acids is 1. The third-order valence-electron chi connectivity index (χ3n) is 1.62. The lowest BCUT2D eigenvalue weighted by Gasteiger charge is -1.90. The fourth-order valence-electron chi connectivity index (χ4n) is 1.04. The van der Waals surface area contributed by atoms with Crippen LogP contribution in [0.1, 0.15) is 16.4 Å². The number of nitrogens with zero attached hydrogens (tertiary/aromatic N) is 2. The van der Waals surface area contributed by atoms with Crippen molar-refractivity contribution in [1.29, 1.82) is 0 Å². The largest absolute Gasteiger partial charge is 0.476 e. The Kier molecular flexibility index (Phi) is 1.81. The van der Waals surface area contributed by atoms with Gasteiger partial charge in [-0.3, -0.25) is 0 Å². The van der Waals surface area contributed by atoms with Crippen LogP contribution in [-0.2, 0) is 0 Å². The lowest BCUT2D eigenvalue weighted by Crippen LogP contribution is -1.97. The molecule has 14 heavy (non-hydrogen) atoms. The minimum absolute atomic E-state index is 0.0816. The molecular weight excluding hydrogens is 188 g/mol. The van der Waals surface area contributed by atoms with Crippen LogP contribution in [-0.4, -0.2) is 21.0 Å². The quantitative estimate of drug-likeness (QED) is 0.775. The molecule has 2 heterocycles. The van der Waals surface area contributed by atoms with Crippen LogP contribution in [0.15, 0.2) is 21.4 Å². The van der Waals surface area contributed by atoms with Gasteiger partial charge in [-0.05, 0) is 0 Å². The Morgan fingerprint density at radius 3 is 2.86 bits per heavy atom. The molecule has 0 radical (unpaired) electrons. The highest BCUT2D eigenvalue weighted by molar-refractivity contribution is 5.91. The van der Waals surface area contributed by atoms with Gasteiger partial charge in [-0.25, -0.2) is 14.8 Å². The van der Waals surface area contributed by atoms with Crippen LogP contribution in [0.2, 0.25) is 0 Å². The molecule has 0 unspecified atom stereocenters. The second-order valence-electron chi connectivity index (χ2n) is 2.58. The van der Waals surface area contributed by atoms with E-state index in [0.29, 0.717) is 5.89 Å². The predicted octanol–water partition coefficient (Wildman–Crippen LogP) is 1.34. The van der Waals surface area contributed by atoms with Crippen molar-refractivity contribution < 1.29 is 18.7 Å². The standard InChI is InChI=1S/C8H6N2O4/c1-4-9-2-5(14-4)7-6(8(11)12)10-3-13-7/h2-3H,1H3,(H,11,12). The molecule has 0 saturated heterocycles. The molecular formula is C8H6N2O4. The first-order valence-electron chi connectivity index (χ1n) is 3.78. The van der Waals surface area contributed by atoms with Crippen LogP contribution in [0, 0.1) is 6.92 Å². The van der Waals surface area contributed by atoms with E-state index in [1.54, 1.807) is 6.92 Å². The lowest BCUT2D eigenvalue weighted by atomic mass is 10.3. The first-order valence-corrected chi connectivity index (χ1v) is 3.78. The number of oxazole rings is 2. The molecule has 0 aliphatic carbocycles. The Morgan fingerprint density at radius 1 is 1.50 bits per heavy atom. The zero-order chi connectivity index (χ0) is 10.1. The van der Waals surface area contributed by atoms with Crippen molar-refractivity contribution in [3.05, 3.63) is 24.2 Å². The average Bonchev–Trinajstić information content (AvgIpc) is 2.70. The molecule has 6 heteroatoms. The third-order valence-corrected chi connectivity index (χ3v) is 1.62. The molecule has 2 aromatic heterocycles. The normalized spacial score (nSPS) is 10.4. The molecule has 0 bridgehead atoms. The molecule has 0 aromatic carbocycles. The summed E-state index contributed by atoms with van der Waals surface area (Å²) in [6.45, 7) is 1.65. The first-order chi connectivity index (χ1) is 6.68. The molecule has 0 amide bonds. The van der Waals surface area contributed by atoms with Crippen LogP contribution in [0.5, 0.6) is 0 Å². The maximum atomic E-state index is 10.7. The van der Waals surface area contributed by atoms with E-state index in [0.717, 1.165) is 6.39 Å². The van der Waals surface area contributed by atoms with Crippen molar-refractivity contribution in [2.75, 3.05) is 0 Å². The minimum Gasteiger partial charge on any atom is -0.476 e. The first kappa shape index (κ1) is 8.49. The van der Waals surface area contributed by atoms with Crippen LogP contribution in [0.3, 0.4) is 0 Å². The van der Waals surface area contributed by atoms with Gasteiger partial charge in [-0.15, -0.1) is 0 Å². The van der Waals surface area contributed by atoms with Gasteiger partial charge in [0.05, 0.1) is 6.20 Å². The van der Waals surface area contributed by atoms with Crippen LogP contribution >= 0.6 is 0 Å². The van der Waals surface area contributed by atoms with Crippen molar-refractivity contribution in [1.82, 2.24) is 9.97 Å². The van der Waals surface area contributed by atoms with Crippen LogP contribution < -0.4 is 0 Å². The highest BCUT2D eigenvalue weighted by atomic mass is 16.4. The van der Waals surface area contributed by atoms with E-state index in [1.165, 1.54) is 6.20 Å². The molecule has 2 rings (SSSR count). The van der Waals surface area contributed by atoms with Crippen molar-refractivity contribution in [2.45, 2.75) is 6.92 Å². The molecule has 2 aromatic rings. The maximum Gasteiger partial charge on any atom is 0.358 e. The van der Waals surface area contributed by atoms with Gasteiger partial charge in [0.15, 0.2) is 23.7 Å². The molecule has 0 aliphatic heterocycles. The Balaban J connectivity index is 2.51. The number of rotatable bonds is 2. The van der Waals surface area contributed by atoms with Crippen molar-refractivity contribution in [3.63, 3.8) is 0 Å². The van der Waals surface area contributed by atoms with E-state index in [-0.39, 0.29) is 17.2 Å². The zero-order valence-corrected chi connectivity index (χ0v) is 7.22. The molecule has 0 fully saturated rings. The summed E-state index contributed by atoms with van der Waals surface area (Å²) < 4.78 is 10.0. The smallest absolute Gasteiger partial charge is 0.358 e. The molecule has 0 aliphatic rings. The minimum atomic E-state index is -1.16. The SMILES string of the molecule is Cc1ncc(-c2ocnc2C(=O)O)o1. The van der Waals surface area contributed by atoms with Crippen molar-refractivity contribution >= 4 is 5.97 Å². The number of hydrogen-bond donors (Lipinski definition) is 1. The summed E-state index contributed by atoms with van der Waals surface area (Å²) in [5, 5.41) is 8.74. The van der Waals surface area contributed by atoms with Gasteiger partial charge in [0.1, 0.15) is 0 Å². The fraction of sp³-hybridized carbons (Fsp3) is 0.125. The molecule has 6 nitrogen and oxygen atoms in total. The molecule has 0 saturated carbocycles. The second kappa shape index (κ2) is 2.99. The van der Waals surface area contributed by atoms with Crippen molar-refractivity contribution in [3.8, 4) is 11.5 Å². The summed E-state index contributed by atoms with van der Waals surface area (Å²) in [7, 11) is 0. The van der Waals surface area contributed by atoms with Gasteiger partial charge < -0.3 is 13.9 Å². The summed E-state index contributed by atoms with van der Waals surface area (Å²) in [6, 6.07) is 0. The molecule has 72 valence electrons. The monoisotopic (exact) mass is 194 g/mol. The maximum absolute atomic E-state index is 10.7. The number of carbonyl (C=O) groups is 1. The summed E-state index contributed by atoms with van der Waals surface area (Å²) in [4.78, 5) is 18.1. The lowest BCUT2D eigenvalue weighted by molar-refractivity contribution is 0.0691. The van der Waals surface area contributed by atoms with E-state index < -0.39 is 5.97 Å². The van der Waals surface area contributed by atoms with Gasteiger partial charge in [0, 0.05) is 6.92 Å². The van der Waals surface area contributed by atoms with Gasteiger partial charge in [0.2, 0.25) is 5.76 Å².